The number of hydrogen-bond acceptors (Lipinski definition) is 6. The van der Waals surface area contributed by atoms with Crippen molar-refractivity contribution in [3.63, 3.8) is 0 Å². The van der Waals surface area contributed by atoms with Gasteiger partial charge in [0.1, 0.15) is 18.5 Å². The average Bonchev–Trinajstić information content (AvgIpc) is 3.24. The van der Waals surface area contributed by atoms with Crippen LogP contribution in [0, 0.1) is 0 Å². The van der Waals surface area contributed by atoms with Crippen LogP contribution in [-0.4, -0.2) is 30.7 Å². The lowest BCUT2D eigenvalue weighted by Gasteiger charge is -2.11. The third-order valence-electron chi connectivity index (χ3n) is 4.16. The topological polar surface area (TPSA) is 106 Å². The first-order valence-electron chi connectivity index (χ1n) is 8.67. The normalized spacial score (nSPS) is 12.7. The third-order valence-corrected chi connectivity index (χ3v) is 4.16. The number of aliphatic hydroxyl groups excluding tert-OH is 1. The predicted octanol–water partition coefficient (Wildman–Crippen LogP) is 2.30. The van der Waals surface area contributed by atoms with Crippen LogP contribution in [0.5, 0.6) is 0 Å². The van der Waals surface area contributed by atoms with Gasteiger partial charge in [-0.2, -0.15) is 4.98 Å². The fourth-order valence-corrected chi connectivity index (χ4v) is 2.74. The van der Waals surface area contributed by atoms with Crippen molar-refractivity contribution in [3.05, 3.63) is 41.8 Å². The summed E-state index contributed by atoms with van der Waals surface area (Å²) in [6.07, 6.45) is 0.253. The van der Waals surface area contributed by atoms with Gasteiger partial charge >= 0.3 is 0 Å². The molecule has 8 nitrogen and oxygen atoms in total. The number of aromatic nitrogens is 4. The summed E-state index contributed by atoms with van der Waals surface area (Å²) in [4.78, 5) is 21.0. The Bertz CT molecular complexity index is 899. The van der Waals surface area contributed by atoms with Gasteiger partial charge in [-0.25, -0.2) is 4.98 Å². The Balaban J connectivity index is 1.63. The fourth-order valence-electron chi connectivity index (χ4n) is 2.74. The summed E-state index contributed by atoms with van der Waals surface area (Å²) in [5, 5.41) is 16.3. The van der Waals surface area contributed by atoms with Crippen LogP contribution in [0.1, 0.15) is 56.7 Å². The highest BCUT2D eigenvalue weighted by molar-refractivity contribution is 5.78. The average molecular weight is 357 g/mol. The largest absolute Gasteiger partial charge is 0.388 e. The number of aliphatic hydroxyl groups is 1. The van der Waals surface area contributed by atoms with Crippen LogP contribution < -0.4 is 5.32 Å². The van der Waals surface area contributed by atoms with Crippen molar-refractivity contribution in [1.82, 2.24) is 25.0 Å². The van der Waals surface area contributed by atoms with Crippen molar-refractivity contribution >= 4 is 16.9 Å². The number of imidazole rings is 1. The second-order valence-corrected chi connectivity index (χ2v) is 6.51. The molecule has 0 spiro atoms. The van der Waals surface area contributed by atoms with E-state index in [1.54, 1.807) is 6.92 Å². The first kappa shape index (κ1) is 18.1. The predicted molar refractivity (Wildman–Crippen MR) is 95.2 cm³/mol. The zero-order chi connectivity index (χ0) is 18.7. The third kappa shape index (κ3) is 3.75. The summed E-state index contributed by atoms with van der Waals surface area (Å²) in [6.45, 7) is 6.02. The van der Waals surface area contributed by atoms with E-state index in [1.165, 1.54) is 0 Å². The van der Waals surface area contributed by atoms with E-state index in [0.717, 1.165) is 11.0 Å². The molecule has 138 valence electrons. The van der Waals surface area contributed by atoms with Gasteiger partial charge in [-0.15, -0.1) is 0 Å². The zero-order valence-electron chi connectivity index (χ0n) is 15.1. The minimum absolute atomic E-state index is 0.136. The number of fused-ring (bicyclic) bond motifs is 1. The standard InChI is InChI=1S/C18H23N5O3/c1-11(2)17-21-18(26-22-17)12(3)19-16(25)8-9-23-14-7-5-4-6-13(14)20-15(23)10-24/h4-7,11-12,24H,8-10H2,1-3H3,(H,19,25). The minimum Gasteiger partial charge on any atom is -0.388 e. The van der Waals surface area contributed by atoms with E-state index in [-0.39, 0.29) is 30.9 Å². The number of hydrogen-bond donors (Lipinski definition) is 2. The van der Waals surface area contributed by atoms with Crippen LogP contribution in [0.4, 0.5) is 0 Å². The molecule has 0 fully saturated rings. The summed E-state index contributed by atoms with van der Waals surface area (Å²) < 4.78 is 7.07. The van der Waals surface area contributed by atoms with Gasteiger partial charge in [0.2, 0.25) is 11.8 Å². The van der Waals surface area contributed by atoms with E-state index in [4.69, 9.17) is 4.52 Å². The van der Waals surface area contributed by atoms with Gasteiger partial charge in [-0.3, -0.25) is 4.79 Å². The molecule has 1 amide bonds. The SMILES string of the molecule is CC(C)c1noc(C(C)NC(=O)CCn2c(CO)nc3ccccc32)n1. The molecule has 0 saturated heterocycles. The van der Waals surface area contributed by atoms with Crippen molar-refractivity contribution in [2.45, 2.75) is 52.3 Å². The van der Waals surface area contributed by atoms with Gasteiger partial charge in [-0.1, -0.05) is 31.1 Å². The lowest BCUT2D eigenvalue weighted by molar-refractivity contribution is -0.122. The molecule has 0 aliphatic heterocycles. The van der Waals surface area contributed by atoms with Gasteiger partial charge in [-0.05, 0) is 19.1 Å². The van der Waals surface area contributed by atoms with Crippen LogP contribution in [0.25, 0.3) is 11.0 Å². The van der Waals surface area contributed by atoms with E-state index >= 15 is 0 Å². The summed E-state index contributed by atoms with van der Waals surface area (Å²) in [6, 6.07) is 7.25. The smallest absolute Gasteiger partial charge is 0.248 e. The summed E-state index contributed by atoms with van der Waals surface area (Å²) >= 11 is 0. The number of carbonyl (C=O) groups excluding carboxylic acids is 1. The molecule has 3 aromatic rings. The van der Waals surface area contributed by atoms with E-state index in [0.29, 0.717) is 24.1 Å². The van der Waals surface area contributed by atoms with Crippen molar-refractivity contribution < 1.29 is 14.4 Å². The molecule has 0 aliphatic carbocycles. The number of para-hydroxylation sites is 2. The Hall–Kier alpha value is -2.74. The first-order valence-corrected chi connectivity index (χ1v) is 8.67. The van der Waals surface area contributed by atoms with Crippen molar-refractivity contribution in [3.8, 4) is 0 Å². The van der Waals surface area contributed by atoms with Crippen LogP contribution in [-0.2, 0) is 17.9 Å². The van der Waals surface area contributed by atoms with Gasteiger partial charge in [0.15, 0.2) is 5.82 Å². The van der Waals surface area contributed by atoms with E-state index in [9.17, 15) is 9.90 Å². The maximum atomic E-state index is 12.3. The summed E-state index contributed by atoms with van der Waals surface area (Å²) in [7, 11) is 0. The number of carbonyl (C=O) groups is 1. The Kier molecular flexibility index (Phi) is 5.32. The van der Waals surface area contributed by atoms with Crippen LogP contribution >= 0.6 is 0 Å². The number of nitrogens with one attached hydrogen (secondary N) is 1. The highest BCUT2D eigenvalue weighted by Gasteiger charge is 2.18. The number of rotatable bonds is 7. The Labute approximate surface area is 151 Å². The summed E-state index contributed by atoms with van der Waals surface area (Å²) in [5.74, 6) is 1.60. The molecule has 0 radical (unpaired) electrons. The molecule has 2 N–H and O–H groups in total. The molecular formula is C18H23N5O3. The van der Waals surface area contributed by atoms with E-state index < -0.39 is 0 Å². The molecule has 1 atom stereocenters. The maximum Gasteiger partial charge on any atom is 0.248 e. The van der Waals surface area contributed by atoms with E-state index in [2.05, 4.69) is 20.4 Å². The van der Waals surface area contributed by atoms with Gasteiger partial charge in [0, 0.05) is 18.9 Å². The number of nitrogens with zero attached hydrogens (tertiary/aromatic N) is 4. The molecule has 2 heterocycles. The molecule has 1 unspecified atom stereocenters. The number of aryl methyl sites for hydroxylation is 1. The first-order chi connectivity index (χ1) is 12.5. The lowest BCUT2D eigenvalue weighted by Crippen LogP contribution is -2.28. The van der Waals surface area contributed by atoms with Crippen molar-refractivity contribution in [2.24, 2.45) is 0 Å². The van der Waals surface area contributed by atoms with Gasteiger partial charge < -0.3 is 19.5 Å². The molecule has 2 aromatic heterocycles. The summed E-state index contributed by atoms with van der Waals surface area (Å²) in [5.41, 5.74) is 1.70. The maximum absolute atomic E-state index is 12.3. The van der Waals surface area contributed by atoms with Crippen molar-refractivity contribution in [2.75, 3.05) is 0 Å². The quantitative estimate of drug-likeness (QED) is 0.672. The second kappa shape index (κ2) is 7.65. The van der Waals surface area contributed by atoms with Crippen LogP contribution in [0.15, 0.2) is 28.8 Å². The molecule has 3 rings (SSSR count). The van der Waals surface area contributed by atoms with Gasteiger partial charge in [0.05, 0.1) is 11.0 Å². The van der Waals surface area contributed by atoms with Crippen molar-refractivity contribution in [1.29, 1.82) is 0 Å². The van der Waals surface area contributed by atoms with E-state index in [1.807, 2.05) is 42.7 Å². The molecule has 26 heavy (non-hydrogen) atoms. The van der Waals surface area contributed by atoms with Crippen LogP contribution in [0.3, 0.4) is 0 Å². The molecule has 0 saturated carbocycles. The Morgan fingerprint density at radius 3 is 2.73 bits per heavy atom. The zero-order valence-corrected chi connectivity index (χ0v) is 15.1. The molecular weight excluding hydrogens is 334 g/mol. The van der Waals surface area contributed by atoms with Gasteiger partial charge in [0.25, 0.3) is 0 Å². The number of benzene rings is 1. The molecule has 1 aromatic carbocycles. The highest BCUT2D eigenvalue weighted by Crippen LogP contribution is 2.17. The fraction of sp³-hybridized carbons (Fsp3) is 0.444. The molecule has 0 bridgehead atoms. The lowest BCUT2D eigenvalue weighted by atomic mass is 10.2. The second-order valence-electron chi connectivity index (χ2n) is 6.51. The Morgan fingerprint density at radius 1 is 1.27 bits per heavy atom. The minimum atomic E-state index is -0.362. The molecule has 8 heteroatoms. The molecule has 0 aliphatic rings. The monoisotopic (exact) mass is 357 g/mol. The Morgan fingerprint density at radius 2 is 2.04 bits per heavy atom. The number of amides is 1. The van der Waals surface area contributed by atoms with Crippen LogP contribution in [0.2, 0.25) is 0 Å². The highest BCUT2D eigenvalue weighted by atomic mass is 16.5.